The summed E-state index contributed by atoms with van der Waals surface area (Å²) in [6, 6.07) is 1.48. The Bertz CT molecular complexity index is 1000. The number of aromatic nitrogens is 2. The molecule has 1 fully saturated rings. The summed E-state index contributed by atoms with van der Waals surface area (Å²) in [5.74, 6) is 0.257. The second kappa shape index (κ2) is 10.8. The standard InChI is InChI=1S/C22H23Cl2FN4O3/c1-4-14(30)6-13-10-26-11-16(13)29-22-27-8-12(9-28-22)5-15(25)19-20(23)17(31-2)7-18(32-3)21(19)24/h4-5,7-9,13,16,26H,1,6,10-11H2,2-3H3,(H,27,28,29)/b15-5-. The molecule has 3 rings (SSSR count). The van der Waals surface area contributed by atoms with Crippen LogP contribution in [0.3, 0.4) is 0 Å². The van der Waals surface area contributed by atoms with E-state index in [0.29, 0.717) is 24.5 Å². The molecule has 1 aliphatic rings. The van der Waals surface area contributed by atoms with Gasteiger partial charge in [0.2, 0.25) is 5.95 Å². The van der Waals surface area contributed by atoms with E-state index in [1.165, 1.54) is 44.8 Å². The highest BCUT2D eigenvalue weighted by Crippen LogP contribution is 2.44. The van der Waals surface area contributed by atoms with Crippen LogP contribution in [0.1, 0.15) is 17.5 Å². The van der Waals surface area contributed by atoms with Crippen molar-refractivity contribution in [1.29, 1.82) is 0 Å². The largest absolute Gasteiger partial charge is 0.495 e. The Balaban J connectivity index is 1.78. The minimum atomic E-state index is -0.690. The minimum absolute atomic E-state index is 0.00103. The van der Waals surface area contributed by atoms with E-state index in [1.54, 1.807) is 0 Å². The van der Waals surface area contributed by atoms with Crippen LogP contribution >= 0.6 is 23.2 Å². The summed E-state index contributed by atoms with van der Waals surface area (Å²) in [7, 11) is 2.83. The van der Waals surface area contributed by atoms with Gasteiger partial charge in [0.1, 0.15) is 17.3 Å². The van der Waals surface area contributed by atoms with Crippen LogP contribution in [-0.4, -0.2) is 49.1 Å². The number of nitrogens with zero attached hydrogens (tertiary/aromatic N) is 2. The molecule has 2 N–H and O–H groups in total. The summed E-state index contributed by atoms with van der Waals surface area (Å²) in [4.78, 5) is 20.2. The number of carbonyl (C=O) groups is 1. The minimum Gasteiger partial charge on any atom is -0.495 e. The molecule has 2 aromatic rings. The van der Waals surface area contributed by atoms with E-state index in [4.69, 9.17) is 32.7 Å². The van der Waals surface area contributed by atoms with Gasteiger partial charge >= 0.3 is 0 Å². The Labute approximate surface area is 195 Å². The zero-order chi connectivity index (χ0) is 23.3. The number of hydrogen-bond donors (Lipinski definition) is 2. The number of benzene rings is 1. The molecule has 0 spiro atoms. The zero-order valence-corrected chi connectivity index (χ0v) is 19.1. The maximum Gasteiger partial charge on any atom is 0.222 e. The lowest BCUT2D eigenvalue weighted by molar-refractivity contribution is -0.115. The predicted octanol–water partition coefficient (Wildman–Crippen LogP) is 4.41. The van der Waals surface area contributed by atoms with Crippen molar-refractivity contribution in [2.45, 2.75) is 12.5 Å². The lowest BCUT2D eigenvalue weighted by atomic mass is 9.97. The normalized spacial score (nSPS) is 18.3. The molecular weight excluding hydrogens is 458 g/mol. The van der Waals surface area contributed by atoms with Gasteiger partial charge in [-0.3, -0.25) is 4.79 Å². The van der Waals surface area contributed by atoms with E-state index in [1.807, 2.05) is 0 Å². The third-order valence-corrected chi connectivity index (χ3v) is 5.87. The van der Waals surface area contributed by atoms with Crippen LogP contribution in [0.25, 0.3) is 11.9 Å². The first-order valence-corrected chi connectivity index (χ1v) is 10.6. The average Bonchev–Trinajstić information content (AvgIpc) is 3.21. The van der Waals surface area contributed by atoms with Gasteiger partial charge in [-0.2, -0.15) is 0 Å². The Hall–Kier alpha value is -2.68. The van der Waals surface area contributed by atoms with Crippen molar-refractivity contribution in [3.8, 4) is 11.5 Å². The van der Waals surface area contributed by atoms with Crippen LogP contribution in [0.15, 0.2) is 31.1 Å². The first kappa shape index (κ1) is 24.0. The third-order valence-electron chi connectivity index (χ3n) is 5.12. The Morgan fingerprint density at radius 2 is 1.88 bits per heavy atom. The van der Waals surface area contributed by atoms with Gasteiger partial charge in [0.15, 0.2) is 5.78 Å². The van der Waals surface area contributed by atoms with Gasteiger partial charge < -0.3 is 20.1 Å². The molecule has 2 atom stereocenters. The third kappa shape index (κ3) is 5.38. The number of carbonyl (C=O) groups excluding carboxylic acids is 1. The highest BCUT2D eigenvalue weighted by molar-refractivity contribution is 6.39. The summed E-state index contributed by atoms with van der Waals surface area (Å²) < 4.78 is 25.4. The first-order valence-electron chi connectivity index (χ1n) is 9.80. The molecule has 7 nitrogen and oxygen atoms in total. The van der Waals surface area contributed by atoms with Crippen LogP contribution < -0.4 is 20.1 Å². The van der Waals surface area contributed by atoms with Crippen molar-refractivity contribution in [2.75, 3.05) is 32.6 Å². The quantitative estimate of drug-likeness (QED) is 0.513. The molecule has 170 valence electrons. The number of halogens is 3. The van der Waals surface area contributed by atoms with Gasteiger partial charge in [-0.1, -0.05) is 29.8 Å². The molecule has 2 unspecified atom stereocenters. The molecule has 32 heavy (non-hydrogen) atoms. The number of anilines is 1. The van der Waals surface area contributed by atoms with Crippen molar-refractivity contribution >= 4 is 46.8 Å². The number of ketones is 1. The van der Waals surface area contributed by atoms with Crippen molar-refractivity contribution in [3.05, 3.63) is 52.3 Å². The van der Waals surface area contributed by atoms with Gasteiger partial charge in [0.25, 0.3) is 0 Å². The van der Waals surface area contributed by atoms with Crippen LogP contribution in [-0.2, 0) is 4.79 Å². The molecule has 1 aromatic carbocycles. The summed E-state index contributed by atoms with van der Waals surface area (Å²) in [6.45, 7) is 4.92. The summed E-state index contributed by atoms with van der Waals surface area (Å²) in [6.07, 6.45) is 5.89. The van der Waals surface area contributed by atoms with Gasteiger partial charge in [0.05, 0.1) is 29.8 Å². The smallest absolute Gasteiger partial charge is 0.222 e. The monoisotopic (exact) mass is 480 g/mol. The Morgan fingerprint density at radius 3 is 2.44 bits per heavy atom. The molecule has 1 aliphatic heterocycles. The van der Waals surface area contributed by atoms with Crippen LogP contribution in [0, 0.1) is 5.92 Å². The van der Waals surface area contributed by atoms with Crippen molar-refractivity contribution in [2.24, 2.45) is 5.92 Å². The van der Waals surface area contributed by atoms with E-state index in [9.17, 15) is 4.79 Å². The van der Waals surface area contributed by atoms with Gasteiger partial charge in [-0.25, -0.2) is 14.4 Å². The molecule has 0 aliphatic carbocycles. The molecule has 0 saturated carbocycles. The van der Waals surface area contributed by atoms with Crippen LogP contribution in [0.2, 0.25) is 10.0 Å². The average molecular weight is 481 g/mol. The van der Waals surface area contributed by atoms with Crippen LogP contribution in [0.4, 0.5) is 10.3 Å². The van der Waals surface area contributed by atoms with E-state index in [-0.39, 0.29) is 44.9 Å². The Kier molecular flexibility index (Phi) is 8.06. The lowest BCUT2D eigenvalue weighted by Gasteiger charge is -2.18. The summed E-state index contributed by atoms with van der Waals surface area (Å²) in [5.41, 5.74) is 0.364. The maximum atomic E-state index is 15.1. The van der Waals surface area contributed by atoms with Gasteiger partial charge in [-0.05, 0) is 12.2 Å². The van der Waals surface area contributed by atoms with E-state index >= 15 is 4.39 Å². The highest BCUT2D eigenvalue weighted by atomic mass is 35.5. The first-order chi connectivity index (χ1) is 15.4. The van der Waals surface area contributed by atoms with E-state index in [2.05, 4.69) is 27.2 Å². The number of nitrogens with one attached hydrogen (secondary N) is 2. The topological polar surface area (TPSA) is 85.4 Å². The Morgan fingerprint density at radius 1 is 1.25 bits per heavy atom. The summed E-state index contributed by atoms with van der Waals surface area (Å²) in [5, 5.41) is 6.52. The SMILES string of the molecule is C=CC(=O)CC1CNCC1Nc1ncc(/C=C(\F)c2c(Cl)c(OC)cc(OC)c2Cl)cn1. The van der Waals surface area contributed by atoms with E-state index < -0.39 is 5.83 Å². The zero-order valence-electron chi connectivity index (χ0n) is 17.6. The fraction of sp³-hybridized carbons (Fsp3) is 0.318. The molecule has 0 bridgehead atoms. The molecular formula is C22H23Cl2FN4O3. The fourth-order valence-electron chi connectivity index (χ4n) is 3.42. The number of rotatable bonds is 9. The predicted molar refractivity (Wildman–Crippen MR) is 124 cm³/mol. The molecule has 10 heteroatoms. The maximum absolute atomic E-state index is 15.1. The number of allylic oxidation sites excluding steroid dienone is 1. The number of ether oxygens (including phenoxy) is 2. The second-order valence-electron chi connectivity index (χ2n) is 7.16. The molecule has 2 heterocycles. The fourth-order valence-corrected chi connectivity index (χ4v) is 4.11. The highest BCUT2D eigenvalue weighted by Gasteiger charge is 2.28. The van der Waals surface area contributed by atoms with Crippen molar-refractivity contribution < 1.29 is 18.7 Å². The number of methoxy groups -OCH3 is 2. The van der Waals surface area contributed by atoms with E-state index in [0.717, 1.165) is 6.54 Å². The van der Waals surface area contributed by atoms with Crippen molar-refractivity contribution in [1.82, 2.24) is 15.3 Å². The number of hydrogen-bond acceptors (Lipinski definition) is 7. The summed E-state index contributed by atoms with van der Waals surface area (Å²) >= 11 is 12.5. The molecule has 1 aromatic heterocycles. The molecule has 1 saturated heterocycles. The molecule has 0 amide bonds. The second-order valence-corrected chi connectivity index (χ2v) is 7.92. The van der Waals surface area contributed by atoms with Gasteiger partial charge in [0, 0.05) is 55.5 Å². The van der Waals surface area contributed by atoms with Crippen LogP contribution in [0.5, 0.6) is 11.5 Å². The molecule has 0 radical (unpaired) electrons. The lowest BCUT2D eigenvalue weighted by Crippen LogP contribution is -2.30. The van der Waals surface area contributed by atoms with Crippen molar-refractivity contribution in [3.63, 3.8) is 0 Å². The van der Waals surface area contributed by atoms with Gasteiger partial charge in [-0.15, -0.1) is 0 Å².